The molecule has 0 atom stereocenters. The Bertz CT molecular complexity index is 727. The molecule has 0 aliphatic rings. The second-order valence-electron chi connectivity index (χ2n) is 4.20. The van der Waals surface area contributed by atoms with E-state index in [0.29, 0.717) is 0 Å². The van der Waals surface area contributed by atoms with Crippen molar-refractivity contribution in [3.63, 3.8) is 0 Å². The van der Waals surface area contributed by atoms with E-state index in [4.69, 9.17) is 5.73 Å². The van der Waals surface area contributed by atoms with Gasteiger partial charge >= 0.3 is 0 Å². The molecule has 1 aromatic carbocycles. The van der Waals surface area contributed by atoms with Crippen LogP contribution in [0.5, 0.6) is 0 Å². The maximum atomic E-state index is 13.3. The molecule has 0 saturated carbocycles. The van der Waals surface area contributed by atoms with Crippen molar-refractivity contribution in [2.75, 3.05) is 16.6 Å². The van der Waals surface area contributed by atoms with E-state index in [1.807, 2.05) is 0 Å². The molecule has 2 rings (SSSR count). The summed E-state index contributed by atoms with van der Waals surface area (Å²) in [6.07, 6.45) is 1.33. The largest absolute Gasteiger partial charge is 0.381 e. The second-order valence-corrected chi connectivity index (χ2v) is 6.03. The lowest BCUT2D eigenvalue weighted by Crippen LogP contribution is -2.31. The third kappa shape index (κ3) is 2.46. The van der Waals surface area contributed by atoms with Gasteiger partial charge in [-0.2, -0.15) is 5.10 Å². The van der Waals surface area contributed by atoms with Gasteiger partial charge in [-0.25, -0.2) is 12.8 Å². The summed E-state index contributed by atoms with van der Waals surface area (Å²) in [5.74, 6) is -0.585. The molecule has 0 unspecified atom stereocenters. The summed E-state index contributed by atoms with van der Waals surface area (Å²) < 4.78 is 40.8. The number of rotatable bonds is 4. The predicted molar refractivity (Wildman–Crippen MR) is 74.2 cm³/mol. The van der Waals surface area contributed by atoms with Crippen molar-refractivity contribution in [2.45, 2.75) is 11.8 Å². The van der Waals surface area contributed by atoms with E-state index >= 15 is 0 Å². The highest BCUT2D eigenvalue weighted by atomic mass is 32.2. The molecule has 6 nitrogen and oxygen atoms in total. The first-order valence-corrected chi connectivity index (χ1v) is 7.37. The first-order chi connectivity index (χ1) is 9.36. The van der Waals surface area contributed by atoms with Crippen molar-refractivity contribution in [3.05, 3.63) is 36.3 Å². The zero-order chi connectivity index (χ0) is 14.9. The molecule has 0 bridgehead atoms. The number of hydrogen-bond acceptors (Lipinski definition) is 4. The predicted octanol–water partition coefficient (Wildman–Crippen LogP) is 1.36. The number of sulfonamides is 1. The summed E-state index contributed by atoms with van der Waals surface area (Å²) >= 11 is 0. The SMILES string of the molecule is CCN(c1cccc(F)c1)S(=O)(=O)c1cn(C)nc1N. The van der Waals surface area contributed by atoms with Crippen LogP contribution in [0.2, 0.25) is 0 Å². The number of hydrogen-bond donors (Lipinski definition) is 1. The van der Waals surface area contributed by atoms with Gasteiger partial charge in [-0.05, 0) is 25.1 Å². The number of anilines is 2. The third-order valence-corrected chi connectivity index (χ3v) is 4.69. The average Bonchev–Trinajstić information content (AvgIpc) is 2.70. The van der Waals surface area contributed by atoms with Gasteiger partial charge in [0, 0.05) is 19.8 Å². The van der Waals surface area contributed by atoms with Gasteiger partial charge in [-0.1, -0.05) is 6.07 Å². The smallest absolute Gasteiger partial charge is 0.269 e. The van der Waals surface area contributed by atoms with Gasteiger partial charge in [0.2, 0.25) is 0 Å². The Labute approximate surface area is 116 Å². The van der Waals surface area contributed by atoms with E-state index in [0.717, 1.165) is 10.4 Å². The number of benzene rings is 1. The van der Waals surface area contributed by atoms with Crippen molar-refractivity contribution in [1.29, 1.82) is 0 Å². The summed E-state index contributed by atoms with van der Waals surface area (Å²) in [5, 5.41) is 3.82. The van der Waals surface area contributed by atoms with Crippen LogP contribution in [-0.4, -0.2) is 24.7 Å². The Kier molecular flexibility index (Phi) is 3.67. The molecule has 0 aliphatic heterocycles. The van der Waals surface area contributed by atoms with Gasteiger partial charge in [0.15, 0.2) is 5.82 Å². The van der Waals surface area contributed by atoms with Gasteiger partial charge in [0.1, 0.15) is 10.7 Å². The zero-order valence-corrected chi connectivity index (χ0v) is 11.9. The summed E-state index contributed by atoms with van der Waals surface area (Å²) in [7, 11) is -2.30. The van der Waals surface area contributed by atoms with Crippen LogP contribution in [0.1, 0.15) is 6.92 Å². The van der Waals surface area contributed by atoms with E-state index in [2.05, 4.69) is 5.10 Å². The Hall–Kier alpha value is -2.09. The average molecular weight is 298 g/mol. The first kappa shape index (κ1) is 14.3. The lowest BCUT2D eigenvalue weighted by Gasteiger charge is -2.22. The fourth-order valence-electron chi connectivity index (χ4n) is 1.92. The molecule has 108 valence electrons. The molecule has 0 spiro atoms. The molecule has 0 saturated heterocycles. The molecular formula is C12H15FN4O2S. The minimum Gasteiger partial charge on any atom is -0.381 e. The third-order valence-electron chi connectivity index (χ3n) is 2.77. The Morgan fingerprint density at radius 3 is 2.65 bits per heavy atom. The molecule has 0 amide bonds. The number of aromatic nitrogens is 2. The maximum Gasteiger partial charge on any atom is 0.269 e. The highest BCUT2D eigenvalue weighted by molar-refractivity contribution is 7.93. The van der Waals surface area contributed by atoms with Crippen LogP contribution >= 0.6 is 0 Å². The van der Waals surface area contributed by atoms with Crippen LogP contribution < -0.4 is 10.0 Å². The van der Waals surface area contributed by atoms with Gasteiger partial charge < -0.3 is 5.73 Å². The first-order valence-electron chi connectivity index (χ1n) is 5.93. The van der Waals surface area contributed by atoms with Crippen molar-refractivity contribution in [3.8, 4) is 0 Å². The summed E-state index contributed by atoms with van der Waals surface area (Å²) in [6.45, 7) is 1.81. The molecule has 0 aliphatic carbocycles. The van der Waals surface area contributed by atoms with Crippen LogP contribution in [0.25, 0.3) is 0 Å². The maximum absolute atomic E-state index is 13.3. The molecule has 20 heavy (non-hydrogen) atoms. The molecule has 1 heterocycles. The number of halogens is 1. The van der Waals surface area contributed by atoms with Crippen LogP contribution in [0.4, 0.5) is 15.9 Å². The Balaban J connectivity index is 2.53. The molecule has 2 N–H and O–H groups in total. The normalized spacial score (nSPS) is 11.6. The number of nitrogens with two attached hydrogens (primary N) is 1. The van der Waals surface area contributed by atoms with Crippen molar-refractivity contribution in [2.24, 2.45) is 7.05 Å². The fraction of sp³-hybridized carbons (Fsp3) is 0.250. The standard InChI is InChI=1S/C12H15FN4O2S/c1-3-17(10-6-4-5-9(13)7-10)20(18,19)11-8-16(2)15-12(11)14/h4-8H,3H2,1-2H3,(H2,14,15). The van der Waals surface area contributed by atoms with E-state index in [9.17, 15) is 12.8 Å². The van der Waals surface area contributed by atoms with E-state index < -0.39 is 15.8 Å². The highest BCUT2D eigenvalue weighted by Crippen LogP contribution is 2.26. The van der Waals surface area contributed by atoms with Crippen molar-refractivity contribution >= 4 is 21.5 Å². The van der Waals surface area contributed by atoms with Gasteiger partial charge in [-0.3, -0.25) is 8.99 Å². The minimum atomic E-state index is -3.87. The van der Waals surface area contributed by atoms with Crippen LogP contribution in [0, 0.1) is 5.82 Å². The van der Waals surface area contributed by atoms with Crippen LogP contribution in [-0.2, 0) is 17.1 Å². The summed E-state index contributed by atoms with van der Waals surface area (Å²) in [4.78, 5) is -0.0916. The number of nitrogen functional groups attached to an aromatic ring is 1. The second kappa shape index (κ2) is 5.12. The molecule has 1 aromatic heterocycles. The van der Waals surface area contributed by atoms with Crippen molar-refractivity contribution in [1.82, 2.24) is 9.78 Å². The minimum absolute atomic E-state index is 0.0812. The molecule has 8 heteroatoms. The molecule has 0 fully saturated rings. The van der Waals surface area contributed by atoms with Gasteiger partial charge in [-0.15, -0.1) is 0 Å². The van der Waals surface area contributed by atoms with Crippen LogP contribution in [0.15, 0.2) is 35.4 Å². The zero-order valence-electron chi connectivity index (χ0n) is 11.1. The number of aryl methyl sites for hydroxylation is 1. The highest BCUT2D eigenvalue weighted by Gasteiger charge is 2.28. The number of nitrogens with zero attached hydrogens (tertiary/aromatic N) is 3. The van der Waals surface area contributed by atoms with E-state index in [-0.39, 0.29) is 22.9 Å². The lowest BCUT2D eigenvalue weighted by atomic mass is 10.3. The lowest BCUT2D eigenvalue weighted by molar-refractivity contribution is 0.591. The van der Waals surface area contributed by atoms with E-state index in [1.54, 1.807) is 14.0 Å². The topological polar surface area (TPSA) is 81.2 Å². The summed E-state index contributed by atoms with van der Waals surface area (Å²) in [6, 6.07) is 5.39. The Morgan fingerprint density at radius 1 is 1.45 bits per heavy atom. The van der Waals surface area contributed by atoms with Gasteiger partial charge in [0.25, 0.3) is 10.0 Å². The quantitative estimate of drug-likeness (QED) is 0.924. The monoisotopic (exact) mass is 298 g/mol. The molecular weight excluding hydrogens is 283 g/mol. The summed E-state index contributed by atoms with van der Waals surface area (Å²) in [5.41, 5.74) is 5.86. The molecule has 0 radical (unpaired) electrons. The van der Waals surface area contributed by atoms with Crippen molar-refractivity contribution < 1.29 is 12.8 Å². The fourth-order valence-corrected chi connectivity index (χ4v) is 3.48. The van der Waals surface area contributed by atoms with Crippen LogP contribution in [0.3, 0.4) is 0 Å². The Morgan fingerprint density at radius 2 is 2.15 bits per heavy atom. The van der Waals surface area contributed by atoms with E-state index in [1.165, 1.54) is 29.1 Å². The molecule has 2 aromatic rings. The van der Waals surface area contributed by atoms with Gasteiger partial charge in [0.05, 0.1) is 5.69 Å².